The number of nitrogens with zero attached hydrogens (tertiary/aromatic N) is 3. The van der Waals surface area contributed by atoms with Gasteiger partial charge < -0.3 is 9.64 Å². The Balaban J connectivity index is 2.12. The van der Waals surface area contributed by atoms with Crippen molar-refractivity contribution in [2.75, 3.05) is 38.2 Å². The smallest absolute Gasteiger partial charge is 0.338 e. The molecule has 1 saturated heterocycles. The lowest BCUT2D eigenvalue weighted by Crippen LogP contribution is -2.52. The number of piperazine rings is 1. The van der Waals surface area contributed by atoms with Crippen molar-refractivity contribution in [2.24, 2.45) is 0 Å². The summed E-state index contributed by atoms with van der Waals surface area (Å²) in [6.07, 6.45) is 1.67. The van der Waals surface area contributed by atoms with Gasteiger partial charge in [-0.1, -0.05) is 6.92 Å². The van der Waals surface area contributed by atoms with Crippen LogP contribution in [0, 0.1) is 0 Å². The lowest BCUT2D eigenvalue weighted by atomic mass is 10.2. The van der Waals surface area contributed by atoms with Crippen molar-refractivity contribution in [3.8, 4) is 0 Å². The first-order chi connectivity index (χ1) is 9.15. The summed E-state index contributed by atoms with van der Waals surface area (Å²) in [5.41, 5.74) is 0.554. The Morgan fingerprint density at radius 1 is 1.53 bits per heavy atom. The first kappa shape index (κ1) is 13.8. The van der Waals surface area contributed by atoms with E-state index in [9.17, 15) is 4.79 Å². The Morgan fingerprint density at radius 3 is 2.95 bits per heavy atom. The van der Waals surface area contributed by atoms with Crippen LogP contribution in [0.25, 0.3) is 0 Å². The van der Waals surface area contributed by atoms with Crippen molar-refractivity contribution in [2.45, 2.75) is 19.9 Å². The van der Waals surface area contributed by atoms with E-state index in [2.05, 4.69) is 28.6 Å². The molecule has 5 nitrogen and oxygen atoms in total. The second-order valence-corrected chi connectivity index (χ2v) is 4.82. The van der Waals surface area contributed by atoms with E-state index in [1.165, 1.54) is 7.11 Å². The van der Waals surface area contributed by atoms with Gasteiger partial charge in [-0.3, -0.25) is 4.90 Å². The molecule has 1 fully saturated rings. The number of likely N-dealkylation sites (N-methyl/N-ethyl adjacent to an activating group) is 1. The van der Waals surface area contributed by atoms with E-state index in [1.807, 2.05) is 0 Å². The maximum absolute atomic E-state index is 11.5. The van der Waals surface area contributed by atoms with Gasteiger partial charge >= 0.3 is 5.97 Å². The van der Waals surface area contributed by atoms with Crippen LogP contribution >= 0.6 is 0 Å². The molecule has 0 radical (unpaired) electrons. The van der Waals surface area contributed by atoms with Gasteiger partial charge in [-0.25, -0.2) is 9.78 Å². The number of hydrogen-bond acceptors (Lipinski definition) is 5. The minimum absolute atomic E-state index is 0.316. The van der Waals surface area contributed by atoms with Crippen LogP contribution in [0.2, 0.25) is 0 Å². The fraction of sp³-hybridized carbons (Fsp3) is 0.571. The Hall–Kier alpha value is -1.62. The van der Waals surface area contributed by atoms with Crippen LogP contribution in [0.1, 0.15) is 24.2 Å². The highest BCUT2D eigenvalue weighted by Gasteiger charge is 2.23. The molecule has 1 aliphatic rings. The number of pyridine rings is 1. The van der Waals surface area contributed by atoms with E-state index in [0.29, 0.717) is 11.6 Å². The molecular formula is C14H21N3O2. The first-order valence-corrected chi connectivity index (χ1v) is 6.69. The fourth-order valence-electron chi connectivity index (χ4n) is 2.51. The van der Waals surface area contributed by atoms with Crippen molar-refractivity contribution in [3.05, 3.63) is 23.9 Å². The van der Waals surface area contributed by atoms with Crippen LogP contribution in [-0.4, -0.2) is 55.2 Å². The molecule has 0 aliphatic carbocycles. The number of anilines is 1. The van der Waals surface area contributed by atoms with E-state index in [-0.39, 0.29) is 5.97 Å². The molecule has 0 N–H and O–H groups in total. The average Bonchev–Trinajstić information content (AvgIpc) is 2.46. The van der Waals surface area contributed by atoms with Crippen LogP contribution in [0.15, 0.2) is 18.3 Å². The third-order valence-electron chi connectivity index (χ3n) is 3.66. The molecule has 2 heterocycles. The highest BCUT2D eigenvalue weighted by molar-refractivity contribution is 5.90. The van der Waals surface area contributed by atoms with Crippen LogP contribution < -0.4 is 4.90 Å². The second kappa shape index (κ2) is 6.02. The van der Waals surface area contributed by atoms with E-state index in [0.717, 1.165) is 32.0 Å². The lowest BCUT2D eigenvalue weighted by Gasteiger charge is -2.39. The fourth-order valence-corrected chi connectivity index (χ4v) is 2.51. The standard InChI is InChI=1S/C14H21N3O2/c1-4-16-7-8-17(10-11(16)2)13-9-12(5-6-15-13)14(18)19-3/h5-6,9,11H,4,7-8,10H2,1-3H3. The molecule has 1 unspecified atom stereocenters. The predicted molar refractivity (Wildman–Crippen MR) is 74.5 cm³/mol. The number of methoxy groups -OCH3 is 1. The molecule has 1 aromatic heterocycles. The van der Waals surface area contributed by atoms with E-state index in [4.69, 9.17) is 4.74 Å². The lowest BCUT2D eigenvalue weighted by molar-refractivity contribution is 0.0600. The zero-order valence-corrected chi connectivity index (χ0v) is 11.8. The molecule has 1 atom stereocenters. The molecule has 104 valence electrons. The second-order valence-electron chi connectivity index (χ2n) is 4.82. The number of carbonyl (C=O) groups is 1. The number of hydrogen-bond donors (Lipinski definition) is 0. The monoisotopic (exact) mass is 263 g/mol. The van der Waals surface area contributed by atoms with Crippen LogP contribution in [0.3, 0.4) is 0 Å². The van der Waals surface area contributed by atoms with Gasteiger partial charge in [0.05, 0.1) is 12.7 Å². The van der Waals surface area contributed by atoms with Crippen LogP contribution in [0.5, 0.6) is 0 Å². The number of aromatic nitrogens is 1. The molecule has 0 spiro atoms. The van der Waals surface area contributed by atoms with E-state index in [1.54, 1.807) is 18.3 Å². The van der Waals surface area contributed by atoms with Crippen molar-refractivity contribution < 1.29 is 9.53 Å². The Kier molecular flexibility index (Phi) is 4.37. The van der Waals surface area contributed by atoms with Gasteiger partial charge in [-0.2, -0.15) is 0 Å². The molecule has 0 amide bonds. The highest BCUT2D eigenvalue weighted by atomic mass is 16.5. The average molecular weight is 263 g/mol. The van der Waals surface area contributed by atoms with Gasteiger partial charge in [0.1, 0.15) is 5.82 Å². The normalized spacial score (nSPS) is 20.4. The van der Waals surface area contributed by atoms with E-state index < -0.39 is 0 Å². The van der Waals surface area contributed by atoms with Crippen molar-refractivity contribution >= 4 is 11.8 Å². The largest absolute Gasteiger partial charge is 0.465 e. The Bertz CT molecular complexity index is 450. The van der Waals surface area contributed by atoms with Gasteiger partial charge in [0.2, 0.25) is 0 Å². The highest BCUT2D eigenvalue weighted by Crippen LogP contribution is 2.18. The Labute approximate surface area is 114 Å². The summed E-state index contributed by atoms with van der Waals surface area (Å²) in [4.78, 5) is 20.6. The van der Waals surface area contributed by atoms with E-state index >= 15 is 0 Å². The number of esters is 1. The van der Waals surface area contributed by atoms with Gasteiger partial charge in [0.25, 0.3) is 0 Å². The van der Waals surface area contributed by atoms with Crippen molar-refractivity contribution in [3.63, 3.8) is 0 Å². The SMILES string of the molecule is CCN1CCN(c2cc(C(=O)OC)ccn2)CC1C. The Morgan fingerprint density at radius 2 is 2.32 bits per heavy atom. The van der Waals surface area contributed by atoms with Gasteiger partial charge in [0.15, 0.2) is 0 Å². The quantitative estimate of drug-likeness (QED) is 0.771. The summed E-state index contributed by atoms with van der Waals surface area (Å²) >= 11 is 0. The maximum Gasteiger partial charge on any atom is 0.338 e. The molecule has 2 rings (SSSR count). The van der Waals surface area contributed by atoms with Crippen LogP contribution in [-0.2, 0) is 4.74 Å². The molecule has 19 heavy (non-hydrogen) atoms. The zero-order chi connectivity index (χ0) is 13.8. The van der Waals surface area contributed by atoms with Crippen molar-refractivity contribution in [1.82, 2.24) is 9.88 Å². The molecular weight excluding hydrogens is 242 g/mol. The van der Waals surface area contributed by atoms with Crippen molar-refractivity contribution in [1.29, 1.82) is 0 Å². The number of rotatable bonds is 3. The van der Waals surface area contributed by atoms with Gasteiger partial charge in [0, 0.05) is 31.9 Å². The minimum atomic E-state index is -0.316. The number of ether oxygens (including phenoxy) is 1. The summed E-state index contributed by atoms with van der Waals surface area (Å²) in [6.45, 7) is 8.38. The molecule has 5 heteroatoms. The topological polar surface area (TPSA) is 45.7 Å². The molecule has 0 aromatic carbocycles. The summed E-state index contributed by atoms with van der Waals surface area (Å²) in [7, 11) is 1.39. The first-order valence-electron chi connectivity index (χ1n) is 6.69. The molecule has 1 aliphatic heterocycles. The summed E-state index contributed by atoms with van der Waals surface area (Å²) in [5.74, 6) is 0.536. The summed E-state index contributed by atoms with van der Waals surface area (Å²) < 4.78 is 4.74. The third-order valence-corrected chi connectivity index (χ3v) is 3.66. The zero-order valence-electron chi connectivity index (χ0n) is 11.8. The van der Waals surface area contributed by atoms with Gasteiger partial charge in [-0.15, -0.1) is 0 Å². The molecule has 0 saturated carbocycles. The molecule has 1 aromatic rings. The van der Waals surface area contributed by atoms with Crippen LogP contribution in [0.4, 0.5) is 5.82 Å². The summed E-state index contributed by atoms with van der Waals surface area (Å²) in [6, 6.07) is 3.99. The molecule has 0 bridgehead atoms. The third kappa shape index (κ3) is 3.04. The predicted octanol–water partition coefficient (Wildman–Crippen LogP) is 1.40. The maximum atomic E-state index is 11.5. The minimum Gasteiger partial charge on any atom is -0.465 e. The number of carbonyl (C=O) groups excluding carboxylic acids is 1. The van der Waals surface area contributed by atoms with Gasteiger partial charge in [-0.05, 0) is 25.6 Å². The summed E-state index contributed by atoms with van der Waals surface area (Å²) in [5, 5.41) is 0.